The van der Waals surface area contributed by atoms with Gasteiger partial charge in [0.05, 0.1) is 9.95 Å². The lowest BCUT2D eigenvalue weighted by Gasteiger charge is -2.09. The molecule has 1 amide bonds. The van der Waals surface area contributed by atoms with E-state index in [1.165, 1.54) is 36.0 Å². The molecule has 8 nitrogen and oxygen atoms in total. The second-order valence-electron chi connectivity index (χ2n) is 4.94. The molecule has 25 heavy (non-hydrogen) atoms. The Kier molecular flexibility index (Phi) is 5.86. The number of nitrogens with one attached hydrogen (secondary N) is 1. The number of rotatable bonds is 7. The molecule has 0 atom stereocenters. The van der Waals surface area contributed by atoms with Crippen LogP contribution in [-0.4, -0.2) is 27.2 Å². The molecule has 1 aromatic carbocycles. The van der Waals surface area contributed by atoms with Gasteiger partial charge in [-0.05, 0) is 25.1 Å². The number of halogens is 3. The molecule has 134 valence electrons. The van der Waals surface area contributed by atoms with Crippen LogP contribution in [-0.2, 0) is 11.3 Å². The van der Waals surface area contributed by atoms with Crippen LogP contribution in [0.3, 0.4) is 0 Å². The minimum Gasteiger partial charge on any atom is -0.433 e. The lowest BCUT2D eigenvalue weighted by Crippen LogP contribution is -2.15. The van der Waals surface area contributed by atoms with Crippen LogP contribution < -0.4 is 10.1 Å². The van der Waals surface area contributed by atoms with Gasteiger partial charge in [-0.25, -0.2) is 0 Å². The van der Waals surface area contributed by atoms with Crippen molar-refractivity contribution in [1.29, 1.82) is 0 Å². The maximum atomic E-state index is 12.2. The molecule has 0 unspecified atom stereocenters. The number of anilines is 1. The third-order valence-electron chi connectivity index (χ3n) is 3.12. The molecule has 0 radical (unpaired) electrons. The first-order valence-corrected chi connectivity index (χ1v) is 7.36. The van der Waals surface area contributed by atoms with Crippen molar-refractivity contribution in [3.8, 4) is 5.75 Å². The summed E-state index contributed by atoms with van der Waals surface area (Å²) >= 11 is 5.79. The molecular weight excluding hydrogens is 362 g/mol. The number of nitro groups is 1. The van der Waals surface area contributed by atoms with E-state index >= 15 is 0 Å². The van der Waals surface area contributed by atoms with Gasteiger partial charge in [0.2, 0.25) is 5.91 Å². The standard InChI is InChI=1S/C14H13ClF2N4O4/c1-8-11(21(23)24)7-20(19-8)5-4-13(22)18-9-2-3-12(10(15)6-9)25-14(16)17/h2-3,6-7,14H,4-5H2,1H3,(H,18,22). The van der Waals surface area contributed by atoms with E-state index in [1.54, 1.807) is 0 Å². The molecule has 0 aliphatic rings. The molecule has 0 aliphatic heterocycles. The van der Waals surface area contributed by atoms with Gasteiger partial charge in [0.1, 0.15) is 17.6 Å². The first kappa shape index (κ1) is 18.6. The number of benzene rings is 1. The van der Waals surface area contributed by atoms with Gasteiger partial charge in [0, 0.05) is 18.7 Å². The average Bonchev–Trinajstić information content (AvgIpc) is 2.89. The Balaban J connectivity index is 1.93. The molecular formula is C14H13ClF2N4O4. The number of carbonyl (C=O) groups is 1. The summed E-state index contributed by atoms with van der Waals surface area (Å²) in [6, 6.07) is 3.86. The summed E-state index contributed by atoms with van der Waals surface area (Å²) in [4.78, 5) is 22.1. The van der Waals surface area contributed by atoms with Crippen molar-refractivity contribution in [3.05, 3.63) is 45.2 Å². The topological polar surface area (TPSA) is 99.3 Å². The van der Waals surface area contributed by atoms with Crippen LogP contribution in [0.1, 0.15) is 12.1 Å². The zero-order valence-electron chi connectivity index (χ0n) is 12.9. The number of alkyl halides is 2. The summed E-state index contributed by atoms with van der Waals surface area (Å²) in [7, 11) is 0. The van der Waals surface area contributed by atoms with Crippen molar-refractivity contribution >= 4 is 28.9 Å². The highest BCUT2D eigenvalue weighted by molar-refractivity contribution is 6.32. The first-order valence-electron chi connectivity index (χ1n) is 6.99. The van der Waals surface area contributed by atoms with Gasteiger partial charge in [0.15, 0.2) is 0 Å². The van der Waals surface area contributed by atoms with Gasteiger partial charge in [-0.1, -0.05) is 11.6 Å². The summed E-state index contributed by atoms with van der Waals surface area (Å²) in [5.41, 5.74) is 0.438. The number of aromatic nitrogens is 2. The van der Waals surface area contributed by atoms with Crippen molar-refractivity contribution < 1.29 is 23.2 Å². The van der Waals surface area contributed by atoms with Crippen molar-refractivity contribution in [2.45, 2.75) is 26.5 Å². The quantitative estimate of drug-likeness (QED) is 0.591. The summed E-state index contributed by atoms with van der Waals surface area (Å²) in [5.74, 6) is -0.594. The lowest BCUT2D eigenvalue weighted by molar-refractivity contribution is -0.385. The third-order valence-corrected chi connectivity index (χ3v) is 3.41. The smallest absolute Gasteiger partial charge is 0.387 e. The molecule has 1 heterocycles. The van der Waals surface area contributed by atoms with E-state index < -0.39 is 17.4 Å². The van der Waals surface area contributed by atoms with Gasteiger partial charge < -0.3 is 10.1 Å². The summed E-state index contributed by atoms with van der Waals surface area (Å²) in [6.07, 6.45) is 1.25. The van der Waals surface area contributed by atoms with Crippen LogP contribution in [0, 0.1) is 17.0 Å². The summed E-state index contributed by atoms with van der Waals surface area (Å²) in [6.45, 7) is -1.36. The predicted octanol–water partition coefficient (Wildman–Crippen LogP) is 3.38. The van der Waals surface area contributed by atoms with Gasteiger partial charge >= 0.3 is 12.3 Å². The fraction of sp³-hybridized carbons (Fsp3) is 0.286. The number of hydrogen-bond donors (Lipinski definition) is 1. The molecule has 11 heteroatoms. The Hall–Kier alpha value is -2.75. The Labute approximate surface area is 145 Å². The molecule has 0 spiro atoms. The van der Waals surface area contributed by atoms with Crippen molar-refractivity contribution in [2.75, 3.05) is 5.32 Å². The van der Waals surface area contributed by atoms with E-state index in [0.717, 1.165) is 0 Å². The zero-order valence-corrected chi connectivity index (χ0v) is 13.7. The molecule has 0 saturated heterocycles. The number of hydrogen-bond acceptors (Lipinski definition) is 5. The van der Waals surface area contributed by atoms with Gasteiger partial charge in [-0.2, -0.15) is 13.9 Å². The van der Waals surface area contributed by atoms with E-state index in [4.69, 9.17) is 11.6 Å². The minimum atomic E-state index is -3.00. The Morgan fingerprint density at radius 2 is 2.24 bits per heavy atom. The van der Waals surface area contributed by atoms with Crippen LogP contribution >= 0.6 is 11.6 Å². The van der Waals surface area contributed by atoms with Crippen molar-refractivity contribution in [2.24, 2.45) is 0 Å². The second-order valence-corrected chi connectivity index (χ2v) is 5.35. The van der Waals surface area contributed by atoms with E-state index in [-0.39, 0.29) is 35.1 Å². The fourth-order valence-electron chi connectivity index (χ4n) is 2.01. The van der Waals surface area contributed by atoms with Crippen molar-refractivity contribution in [3.63, 3.8) is 0 Å². The van der Waals surface area contributed by atoms with Gasteiger partial charge in [0.25, 0.3) is 0 Å². The molecule has 1 aromatic heterocycles. The number of nitrogens with zero attached hydrogens (tertiary/aromatic N) is 3. The van der Waals surface area contributed by atoms with Crippen LogP contribution in [0.4, 0.5) is 20.2 Å². The number of carbonyl (C=O) groups excluding carboxylic acids is 1. The van der Waals surface area contributed by atoms with Crippen LogP contribution in [0.2, 0.25) is 5.02 Å². The molecule has 0 saturated carbocycles. The molecule has 2 rings (SSSR count). The highest BCUT2D eigenvalue weighted by Crippen LogP contribution is 2.29. The van der Waals surface area contributed by atoms with Gasteiger partial charge in [-0.3, -0.25) is 19.6 Å². The average molecular weight is 375 g/mol. The highest BCUT2D eigenvalue weighted by Gasteiger charge is 2.16. The Morgan fingerprint density at radius 1 is 1.52 bits per heavy atom. The minimum absolute atomic E-state index is 0.00514. The monoisotopic (exact) mass is 374 g/mol. The third kappa shape index (κ3) is 5.11. The van der Waals surface area contributed by atoms with E-state index in [9.17, 15) is 23.7 Å². The fourth-order valence-corrected chi connectivity index (χ4v) is 2.24. The van der Waals surface area contributed by atoms with Gasteiger partial charge in [-0.15, -0.1) is 0 Å². The van der Waals surface area contributed by atoms with E-state index in [1.807, 2.05) is 0 Å². The predicted molar refractivity (Wildman–Crippen MR) is 84.9 cm³/mol. The number of aryl methyl sites for hydroxylation is 2. The SMILES string of the molecule is Cc1nn(CCC(=O)Nc2ccc(OC(F)F)c(Cl)c2)cc1[N+](=O)[O-]. The highest BCUT2D eigenvalue weighted by atomic mass is 35.5. The molecule has 0 bridgehead atoms. The molecule has 0 fully saturated rings. The van der Waals surface area contributed by atoms with Crippen LogP contribution in [0.25, 0.3) is 0 Å². The van der Waals surface area contributed by atoms with E-state index in [0.29, 0.717) is 5.69 Å². The van der Waals surface area contributed by atoms with E-state index in [2.05, 4.69) is 15.2 Å². The Bertz CT molecular complexity index is 797. The molecule has 2 aromatic rings. The van der Waals surface area contributed by atoms with Crippen molar-refractivity contribution in [1.82, 2.24) is 9.78 Å². The number of amides is 1. The normalized spacial score (nSPS) is 10.8. The largest absolute Gasteiger partial charge is 0.433 e. The lowest BCUT2D eigenvalue weighted by atomic mass is 10.3. The Morgan fingerprint density at radius 3 is 2.80 bits per heavy atom. The molecule has 0 aliphatic carbocycles. The second kappa shape index (κ2) is 7.88. The summed E-state index contributed by atoms with van der Waals surface area (Å²) in [5, 5.41) is 17.2. The molecule has 1 N–H and O–H groups in total. The first-order chi connectivity index (χ1) is 11.8. The zero-order chi connectivity index (χ0) is 18.6. The number of ether oxygens (including phenoxy) is 1. The van der Waals surface area contributed by atoms with Crippen LogP contribution in [0.15, 0.2) is 24.4 Å². The summed E-state index contributed by atoms with van der Waals surface area (Å²) < 4.78 is 29.8. The van der Waals surface area contributed by atoms with Crippen LogP contribution in [0.5, 0.6) is 5.75 Å². The maximum Gasteiger partial charge on any atom is 0.387 e. The maximum absolute atomic E-state index is 12.2.